The number of nitrogens with zero attached hydrogens (tertiary/aromatic N) is 4. The molecule has 0 radical (unpaired) electrons. The molecule has 0 aliphatic rings. The highest BCUT2D eigenvalue weighted by Gasteiger charge is 2.12. The Morgan fingerprint density at radius 2 is 1.85 bits per heavy atom. The Morgan fingerprint density at radius 1 is 1.15 bits per heavy atom. The largest absolute Gasteiger partial charge is 0.368 e. The lowest BCUT2D eigenvalue weighted by atomic mass is 10.1. The van der Waals surface area contributed by atoms with Gasteiger partial charge in [-0.25, -0.2) is 4.39 Å². The monoisotopic (exact) mass is 275 g/mol. The molecule has 0 saturated carbocycles. The van der Waals surface area contributed by atoms with Crippen LogP contribution in [0.1, 0.15) is 19.4 Å². The maximum atomic E-state index is 13.6. The molecule has 2 aromatic rings. The predicted octanol–water partition coefficient (Wildman–Crippen LogP) is 2.41. The molecule has 0 atom stereocenters. The van der Waals surface area contributed by atoms with E-state index in [1.165, 1.54) is 6.07 Å². The topological polar surface area (TPSA) is 67.9 Å². The van der Waals surface area contributed by atoms with Gasteiger partial charge in [-0.1, -0.05) is 12.1 Å². The minimum atomic E-state index is -0.286. The third-order valence-electron chi connectivity index (χ3n) is 3.12. The zero-order valence-corrected chi connectivity index (χ0v) is 11.9. The van der Waals surface area contributed by atoms with Crippen molar-refractivity contribution in [2.75, 3.05) is 23.7 Å². The summed E-state index contributed by atoms with van der Waals surface area (Å²) in [7, 11) is 0. The highest BCUT2D eigenvalue weighted by Crippen LogP contribution is 2.21. The van der Waals surface area contributed by atoms with Crippen LogP contribution in [-0.2, 0) is 0 Å². The van der Waals surface area contributed by atoms with Crippen LogP contribution in [0.15, 0.2) is 18.2 Å². The van der Waals surface area contributed by atoms with Gasteiger partial charge in [-0.15, -0.1) is 0 Å². The Labute approximate surface area is 117 Å². The van der Waals surface area contributed by atoms with Gasteiger partial charge in [-0.05, 0) is 32.4 Å². The maximum Gasteiger partial charge on any atom is 0.230 e. The third kappa shape index (κ3) is 2.84. The van der Waals surface area contributed by atoms with Crippen molar-refractivity contribution in [3.05, 3.63) is 29.6 Å². The molecule has 2 N–H and O–H groups in total. The molecule has 0 fully saturated rings. The second-order valence-corrected chi connectivity index (χ2v) is 4.45. The Morgan fingerprint density at radius 3 is 2.45 bits per heavy atom. The summed E-state index contributed by atoms with van der Waals surface area (Å²) in [5.41, 5.74) is 6.91. The van der Waals surface area contributed by atoms with Crippen molar-refractivity contribution in [2.24, 2.45) is 0 Å². The van der Waals surface area contributed by atoms with E-state index in [1.807, 2.05) is 18.7 Å². The highest BCUT2D eigenvalue weighted by molar-refractivity contribution is 5.58. The van der Waals surface area contributed by atoms with Crippen LogP contribution in [0.5, 0.6) is 0 Å². The molecule has 0 aliphatic heterocycles. The molecule has 20 heavy (non-hydrogen) atoms. The predicted molar refractivity (Wildman–Crippen MR) is 77.9 cm³/mol. The zero-order valence-electron chi connectivity index (χ0n) is 11.9. The minimum absolute atomic E-state index is 0.137. The summed E-state index contributed by atoms with van der Waals surface area (Å²) in [5, 5.41) is 0. The Kier molecular flexibility index (Phi) is 4.12. The number of benzene rings is 1. The summed E-state index contributed by atoms with van der Waals surface area (Å²) in [6, 6.07) is 4.89. The molecule has 5 nitrogen and oxygen atoms in total. The lowest BCUT2D eigenvalue weighted by molar-refractivity contribution is 0.619. The normalized spacial score (nSPS) is 10.6. The minimum Gasteiger partial charge on any atom is -0.368 e. The van der Waals surface area contributed by atoms with E-state index in [2.05, 4.69) is 15.0 Å². The SMILES string of the molecule is CCN(CC)c1nc(N)nc(-c2ccc(C)c(F)c2)n1. The van der Waals surface area contributed by atoms with Crippen molar-refractivity contribution in [2.45, 2.75) is 20.8 Å². The lowest BCUT2D eigenvalue weighted by Gasteiger charge is -2.18. The third-order valence-corrected chi connectivity index (χ3v) is 3.12. The van der Waals surface area contributed by atoms with E-state index < -0.39 is 0 Å². The zero-order chi connectivity index (χ0) is 14.7. The van der Waals surface area contributed by atoms with Gasteiger partial charge in [-0.2, -0.15) is 15.0 Å². The number of nitrogen functional groups attached to an aromatic ring is 1. The standard InChI is InChI=1S/C14H18FN5/c1-4-20(5-2)14-18-12(17-13(16)19-14)10-7-6-9(3)11(15)8-10/h6-8H,4-5H2,1-3H3,(H2,16,17,18,19). The van der Waals surface area contributed by atoms with E-state index in [1.54, 1.807) is 19.1 Å². The first-order valence-electron chi connectivity index (χ1n) is 6.58. The number of aryl methyl sites for hydroxylation is 1. The van der Waals surface area contributed by atoms with Crippen LogP contribution in [0.3, 0.4) is 0 Å². The summed E-state index contributed by atoms with van der Waals surface area (Å²) >= 11 is 0. The molecule has 1 heterocycles. The van der Waals surface area contributed by atoms with Crippen LogP contribution in [-0.4, -0.2) is 28.0 Å². The van der Waals surface area contributed by atoms with Crippen molar-refractivity contribution < 1.29 is 4.39 Å². The number of halogens is 1. The van der Waals surface area contributed by atoms with E-state index in [0.717, 1.165) is 13.1 Å². The fourth-order valence-corrected chi connectivity index (χ4v) is 1.89. The molecule has 2 rings (SSSR count). The number of hydrogen-bond acceptors (Lipinski definition) is 5. The van der Waals surface area contributed by atoms with Crippen LogP contribution in [0, 0.1) is 12.7 Å². The van der Waals surface area contributed by atoms with Crippen LogP contribution >= 0.6 is 0 Å². The van der Waals surface area contributed by atoms with Gasteiger partial charge in [0.25, 0.3) is 0 Å². The van der Waals surface area contributed by atoms with Gasteiger partial charge >= 0.3 is 0 Å². The van der Waals surface area contributed by atoms with Crippen molar-refractivity contribution >= 4 is 11.9 Å². The molecule has 0 amide bonds. The molecule has 0 unspecified atom stereocenters. The maximum absolute atomic E-state index is 13.6. The summed E-state index contributed by atoms with van der Waals surface area (Å²) in [6.07, 6.45) is 0. The van der Waals surface area contributed by atoms with Gasteiger partial charge in [0.15, 0.2) is 5.82 Å². The molecule has 1 aromatic carbocycles. The molecular weight excluding hydrogens is 257 g/mol. The second kappa shape index (κ2) is 5.81. The van der Waals surface area contributed by atoms with Crippen LogP contribution in [0.4, 0.5) is 16.3 Å². The first-order valence-corrected chi connectivity index (χ1v) is 6.58. The molecule has 1 aromatic heterocycles. The molecule has 0 bridgehead atoms. The fourth-order valence-electron chi connectivity index (χ4n) is 1.89. The number of hydrogen-bond donors (Lipinski definition) is 1. The number of nitrogens with two attached hydrogens (primary N) is 1. The van der Waals surface area contributed by atoms with Crippen molar-refractivity contribution in [1.29, 1.82) is 0 Å². The van der Waals surface area contributed by atoms with Gasteiger partial charge < -0.3 is 10.6 Å². The van der Waals surface area contributed by atoms with Gasteiger partial charge in [0, 0.05) is 18.7 Å². The van der Waals surface area contributed by atoms with Crippen molar-refractivity contribution in [3.63, 3.8) is 0 Å². The van der Waals surface area contributed by atoms with Gasteiger partial charge in [-0.3, -0.25) is 0 Å². The van der Waals surface area contributed by atoms with Crippen LogP contribution in [0.2, 0.25) is 0 Å². The smallest absolute Gasteiger partial charge is 0.230 e. The van der Waals surface area contributed by atoms with Crippen LogP contribution < -0.4 is 10.6 Å². The lowest BCUT2D eigenvalue weighted by Crippen LogP contribution is -2.25. The molecule has 0 spiro atoms. The van der Waals surface area contributed by atoms with E-state index in [9.17, 15) is 4.39 Å². The van der Waals surface area contributed by atoms with Crippen molar-refractivity contribution in [3.8, 4) is 11.4 Å². The summed E-state index contributed by atoms with van der Waals surface area (Å²) in [6.45, 7) is 7.26. The van der Waals surface area contributed by atoms with Gasteiger partial charge in [0.2, 0.25) is 11.9 Å². The fraction of sp³-hybridized carbons (Fsp3) is 0.357. The first kappa shape index (κ1) is 14.2. The van der Waals surface area contributed by atoms with Crippen molar-refractivity contribution in [1.82, 2.24) is 15.0 Å². The number of aromatic nitrogens is 3. The first-order chi connectivity index (χ1) is 9.55. The molecular formula is C14H18FN5. The van der Waals surface area contributed by atoms with E-state index in [-0.39, 0.29) is 11.8 Å². The average molecular weight is 275 g/mol. The van der Waals surface area contributed by atoms with Gasteiger partial charge in [0.05, 0.1) is 0 Å². The molecule has 6 heteroatoms. The summed E-state index contributed by atoms with van der Waals surface area (Å²) in [5.74, 6) is 0.750. The second-order valence-electron chi connectivity index (χ2n) is 4.45. The van der Waals surface area contributed by atoms with Crippen LogP contribution in [0.25, 0.3) is 11.4 Å². The summed E-state index contributed by atoms with van der Waals surface area (Å²) in [4.78, 5) is 14.6. The highest BCUT2D eigenvalue weighted by atomic mass is 19.1. The number of anilines is 2. The van der Waals surface area contributed by atoms with E-state index in [4.69, 9.17) is 5.73 Å². The molecule has 0 aliphatic carbocycles. The Hall–Kier alpha value is -2.24. The van der Waals surface area contributed by atoms with Gasteiger partial charge in [0.1, 0.15) is 5.82 Å². The summed E-state index contributed by atoms with van der Waals surface area (Å²) < 4.78 is 13.6. The Bertz CT molecular complexity index is 611. The molecule has 0 saturated heterocycles. The Balaban J connectivity index is 2.48. The quantitative estimate of drug-likeness (QED) is 0.928. The number of rotatable bonds is 4. The molecule has 106 valence electrons. The van der Waals surface area contributed by atoms with E-state index >= 15 is 0 Å². The van der Waals surface area contributed by atoms with E-state index in [0.29, 0.717) is 22.9 Å². The average Bonchev–Trinajstić information content (AvgIpc) is 2.42.